The molecule has 0 bridgehead atoms. The number of rotatable bonds is 10. The highest BCUT2D eigenvalue weighted by molar-refractivity contribution is 6.76. The summed E-state index contributed by atoms with van der Waals surface area (Å²) in [5.74, 6) is -1.16. The molecule has 176 valence electrons. The van der Waals surface area contributed by atoms with Gasteiger partial charge in [0.2, 0.25) is 6.10 Å². The van der Waals surface area contributed by atoms with Crippen LogP contribution in [0.4, 0.5) is 0 Å². The van der Waals surface area contributed by atoms with Crippen LogP contribution in [0.5, 0.6) is 0 Å². The SMILES string of the molecule is COC(=O)C(Cc1cc(C)c2nn(COCC[Si](C)(C)C)cc2c1)OC(=O)c1ccccc1. The summed E-state index contributed by atoms with van der Waals surface area (Å²) in [4.78, 5) is 24.8. The minimum atomic E-state index is -1.13. The molecule has 3 aromatic rings. The molecule has 0 aliphatic rings. The number of carbonyl (C=O) groups excluding carboxylic acids is 2. The lowest BCUT2D eigenvalue weighted by atomic mass is 10.0. The van der Waals surface area contributed by atoms with Gasteiger partial charge in [-0.3, -0.25) is 0 Å². The second kappa shape index (κ2) is 10.8. The smallest absolute Gasteiger partial charge is 0.347 e. The van der Waals surface area contributed by atoms with Crippen LogP contribution in [-0.4, -0.2) is 49.6 Å². The van der Waals surface area contributed by atoms with E-state index in [1.807, 2.05) is 31.3 Å². The lowest BCUT2D eigenvalue weighted by Crippen LogP contribution is -2.30. The molecule has 0 N–H and O–H groups in total. The summed E-state index contributed by atoms with van der Waals surface area (Å²) >= 11 is 0. The zero-order valence-electron chi connectivity index (χ0n) is 20.0. The van der Waals surface area contributed by atoms with Crippen LogP contribution in [0.1, 0.15) is 21.5 Å². The quantitative estimate of drug-likeness (QED) is 0.246. The molecule has 3 rings (SSSR count). The van der Waals surface area contributed by atoms with E-state index >= 15 is 0 Å². The zero-order chi connectivity index (χ0) is 24.0. The number of fused-ring (bicyclic) bond motifs is 1. The monoisotopic (exact) mass is 468 g/mol. The summed E-state index contributed by atoms with van der Waals surface area (Å²) < 4.78 is 18.0. The fourth-order valence-corrected chi connectivity index (χ4v) is 4.20. The van der Waals surface area contributed by atoms with Crippen molar-refractivity contribution in [2.75, 3.05) is 13.7 Å². The molecular formula is C25H32N2O5Si. The maximum atomic E-state index is 12.5. The van der Waals surface area contributed by atoms with E-state index in [9.17, 15) is 9.59 Å². The van der Waals surface area contributed by atoms with Crippen molar-refractivity contribution >= 4 is 30.9 Å². The van der Waals surface area contributed by atoms with Crippen molar-refractivity contribution in [2.45, 2.75) is 51.9 Å². The van der Waals surface area contributed by atoms with Gasteiger partial charge in [-0.1, -0.05) is 43.9 Å². The first kappa shape index (κ1) is 24.7. The van der Waals surface area contributed by atoms with Gasteiger partial charge in [0.15, 0.2) is 0 Å². The molecule has 2 aromatic carbocycles. The van der Waals surface area contributed by atoms with Gasteiger partial charge in [0, 0.05) is 32.7 Å². The van der Waals surface area contributed by atoms with Crippen molar-refractivity contribution in [2.24, 2.45) is 0 Å². The Morgan fingerprint density at radius 3 is 2.52 bits per heavy atom. The normalized spacial score (nSPS) is 12.5. The Morgan fingerprint density at radius 2 is 1.85 bits per heavy atom. The van der Waals surface area contributed by atoms with E-state index in [1.54, 1.807) is 28.9 Å². The van der Waals surface area contributed by atoms with Gasteiger partial charge >= 0.3 is 11.9 Å². The Hall–Kier alpha value is -2.97. The van der Waals surface area contributed by atoms with E-state index in [-0.39, 0.29) is 6.42 Å². The summed E-state index contributed by atoms with van der Waals surface area (Å²) in [6.45, 7) is 10.1. The van der Waals surface area contributed by atoms with Gasteiger partial charge in [0.1, 0.15) is 6.73 Å². The molecular weight excluding hydrogens is 436 g/mol. The number of carbonyl (C=O) groups is 2. The van der Waals surface area contributed by atoms with Crippen molar-refractivity contribution in [1.29, 1.82) is 0 Å². The van der Waals surface area contributed by atoms with E-state index in [1.165, 1.54) is 7.11 Å². The third-order valence-corrected chi connectivity index (χ3v) is 6.97. The van der Waals surface area contributed by atoms with Crippen LogP contribution in [-0.2, 0) is 32.2 Å². The largest absolute Gasteiger partial charge is 0.466 e. The fourth-order valence-electron chi connectivity index (χ4n) is 3.45. The Kier molecular flexibility index (Phi) is 8.04. The Balaban J connectivity index is 1.73. The number of hydrogen-bond donors (Lipinski definition) is 0. The molecule has 0 aliphatic heterocycles. The van der Waals surface area contributed by atoms with Crippen LogP contribution in [0.15, 0.2) is 48.7 Å². The van der Waals surface area contributed by atoms with Crippen molar-refractivity contribution in [1.82, 2.24) is 9.78 Å². The molecule has 7 nitrogen and oxygen atoms in total. The summed E-state index contributed by atoms with van der Waals surface area (Å²) in [7, 11) is 0.150. The molecule has 0 fully saturated rings. The summed E-state index contributed by atoms with van der Waals surface area (Å²) in [6, 6.07) is 13.6. The Labute approximate surface area is 195 Å². The summed E-state index contributed by atoms with van der Waals surface area (Å²) in [6.07, 6.45) is 1.10. The predicted molar refractivity (Wildman–Crippen MR) is 130 cm³/mol. The molecule has 8 heteroatoms. The van der Waals surface area contributed by atoms with E-state index in [4.69, 9.17) is 14.2 Å². The first-order chi connectivity index (χ1) is 15.7. The lowest BCUT2D eigenvalue weighted by molar-refractivity contribution is -0.150. The maximum absolute atomic E-state index is 12.5. The number of benzene rings is 2. The number of nitrogens with zero attached hydrogens (tertiary/aromatic N) is 2. The number of methoxy groups -OCH3 is 1. The van der Waals surface area contributed by atoms with Crippen LogP contribution in [0, 0.1) is 6.92 Å². The molecule has 1 heterocycles. The maximum Gasteiger partial charge on any atom is 0.347 e. The van der Waals surface area contributed by atoms with E-state index < -0.39 is 26.1 Å². The highest BCUT2D eigenvalue weighted by Gasteiger charge is 2.25. The molecule has 0 amide bonds. The Morgan fingerprint density at radius 1 is 1.12 bits per heavy atom. The third kappa shape index (κ3) is 7.00. The Bertz CT molecular complexity index is 1110. The van der Waals surface area contributed by atoms with Gasteiger partial charge in [-0.15, -0.1) is 0 Å². The van der Waals surface area contributed by atoms with Crippen molar-refractivity contribution in [3.8, 4) is 0 Å². The predicted octanol–water partition coefficient (Wildman–Crippen LogP) is 4.60. The average molecular weight is 469 g/mol. The number of esters is 2. The van der Waals surface area contributed by atoms with Gasteiger partial charge < -0.3 is 14.2 Å². The highest BCUT2D eigenvalue weighted by atomic mass is 28.3. The standard InChI is InChI=1S/C25H32N2O5Si/c1-18-13-19(14-21-16-27(26-23(18)21)17-31-11-12-33(3,4)5)15-22(25(29)30-2)32-24(28)20-9-7-6-8-10-20/h6-10,13-14,16,22H,11-12,15,17H2,1-5H3. The topological polar surface area (TPSA) is 79.7 Å². The minimum Gasteiger partial charge on any atom is -0.466 e. The second-order valence-corrected chi connectivity index (χ2v) is 15.0. The summed E-state index contributed by atoms with van der Waals surface area (Å²) in [5.41, 5.74) is 3.09. The van der Waals surface area contributed by atoms with Crippen LogP contribution >= 0.6 is 0 Å². The van der Waals surface area contributed by atoms with Crippen LogP contribution in [0.25, 0.3) is 10.9 Å². The average Bonchev–Trinajstić information content (AvgIpc) is 3.19. The van der Waals surface area contributed by atoms with E-state index in [2.05, 4.69) is 24.7 Å². The van der Waals surface area contributed by atoms with Gasteiger partial charge in [-0.2, -0.15) is 5.10 Å². The van der Waals surface area contributed by atoms with E-state index in [0.717, 1.165) is 34.7 Å². The third-order valence-electron chi connectivity index (χ3n) is 5.27. The summed E-state index contributed by atoms with van der Waals surface area (Å²) in [5, 5.41) is 5.57. The van der Waals surface area contributed by atoms with Crippen LogP contribution < -0.4 is 0 Å². The van der Waals surface area contributed by atoms with Crippen molar-refractivity contribution < 1.29 is 23.8 Å². The molecule has 0 saturated carbocycles. The van der Waals surface area contributed by atoms with Crippen molar-refractivity contribution in [3.63, 3.8) is 0 Å². The number of aromatic nitrogens is 2. The molecule has 0 spiro atoms. The minimum absolute atomic E-state index is 0.208. The van der Waals surface area contributed by atoms with Crippen molar-refractivity contribution in [3.05, 3.63) is 65.4 Å². The molecule has 1 aromatic heterocycles. The number of ether oxygens (including phenoxy) is 3. The first-order valence-electron chi connectivity index (χ1n) is 11.0. The molecule has 33 heavy (non-hydrogen) atoms. The molecule has 1 atom stereocenters. The molecule has 1 unspecified atom stereocenters. The number of aryl methyl sites for hydroxylation is 1. The highest BCUT2D eigenvalue weighted by Crippen LogP contribution is 2.22. The van der Waals surface area contributed by atoms with Gasteiger partial charge in [0.05, 0.1) is 18.2 Å². The fraction of sp³-hybridized carbons (Fsp3) is 0.400. The van der Waals surface area contributed by atoms with Crippen LogP contribution in [0.3, 0.4) is 0 Å². The molecule has 0 radical (unpaired) electrons. The number of hydrogen-bond acceptors (Lipinski definition) is 6. The molecule has 0 saturated heterocycles. The van der Waals surface area contributed by atoms with Gasteiger partial charge in [-0.25, -0.2) is 14.3 Å². The lowest BCUT2D eigenvalue weighted by Gasteiger charge is -2.16. The van der Waals surface area contributed by atoms with Gasteiger partial charge in [-0.05, 0) is 42.3 Å². The van der Waals surface area contributed by atoms with E-state index in [0.29, 0.717) is 12.3 Å². The first-order valence-corrected chi connectivity index (χ1v) is 14.8. The zero-order valence-corrected chi connectivity index (χ0v) is 21.0. The molecule has 0 aliphatic carbocycles. The van der Waals surface area contributed by atoms with Gasteiger partial charge in [0.25, 0.3) is 0 Å². The van der Waals surface area contributed by atoms with Crippen LogP contribution in [0.2, 0.25) is 25.7 Å². The second-order valence-electron chi connectivity index (χ2n) is 9.35.